The zero-order valence-electron chi connectivity index (χ0n) is 12.1. The van der Waals surface area contributed by atoms with E-state index in [4.69, 9.17) is 16.0 Å². The van der Waals surface area contributed by atoms with Gasteiger partial charge in [-0.1, -0.05) is 17.7 Å². The van der Waals surface area contributed by atoms with Gasteiger partial charge >= 0.3 is 0 Å². The lowest BCUT2D eigenvalue weighted by molar-refractivity contribution is 0.0953. The summed E-state index contributed by atoms with van der Waals surface area (Å²) in [5.41, 5.74) is 1.17. The van der Waals surface area contributed by atoms with E-state index in [1.165, 1.54) is 0 Å². The highest BCUT2D eigenvalue weighted by atomic mass is 35.5. The van der Waals surface area contributed by atoms with Crippen LogP contribution in [0.5, 0.6) is 0 Å². The van der Waals surface area contributed by atoms with Crippen LogP contribution in [0, 0.1) is 0 Å². The summed E-state index contributed by atoms with van der Waals surface area (Å²) in [5, 5.41) is 11.3. The van der Waals surface area contributed by atoms with E-state index in [-0.39, 0.29) is 5.91 Å². The first-order valence-electron chi connectivity index (χ1n) is 7.00. The van der Waals surface area contributed by atoms with Gasteiger partial charge in [-0.25, -0.2) is 0 Å². The number of nitrogens with one attached hydrogen (secondary N) is 1. The van der Waals surface area contributed by atoms with Crippen LogP contribution >= 0.6 is 11.6 Å². The molecule has 2 aromatic heterocycles. The summed E-state index contributed by atoms with van der Waals surface area (Å²) >= 11 is 5.79. The van der Waals surface area contributed by atoms with Crippen LogP contribution < -0.4 is 5.32 Å². The molecule has 0 radical (unpaired) electrons. The van der Waals surface area contributed by atoms with Gasteiger partial charge in [0.2, 0.25) is 5.89 Å². The van der Waals surface area contributed by atoms with Gasteiger partial charge in [-0.15, -0.1) is 10.2 Å². The van der Waals surface area contributed by atoms with Gasteiger partial charge in [-0.2, -0.15) is 0 Å². The second-order valence-corrected chi connectivity index (χ2v) is 5.17. The molecule has 0 aliphatic rings. The van der Waals surface area contributed by atoms with E-state index >= 15 is 0 Å². The van der Waals surface area contributed by atoms with Crippen molar-refractivity contribution in [2.45, 2.75) is 6.42 Å². The topological polar surface area (TPSA) is 80.9 Å². The number of benzene rings is 1. The van der Waals surface area contributed by atoms with Gasteiger partial charge in [-0.3, -0.25) is 9.78 Å². The Bertz CT molecular complexity index is 787. The van der Waals surface area contributed by atoms with Gasteiger partial charge < -0.3 is 9.73 Å². The average molecular weight is 329 g/mol. The van der Waals surface area contributed by atoms with Crippen LogP contribution in [0.15, 0.2) is 53.1 Å². The fraction of sp³-hybridized carbons (Fsp3) is 0.125. The first-order valence-corrected chi connectivity index (χ1v) is 7.38. The zero-order valence-corrected chi connectivity index (χ0v) is 12.8. The van der Waals surface area contributed by atoms with E-state index in [1.807, 2.05) is 12.1 Å². The number of hydrogen-bond donors (Lipinski definition) is 1. The van der Waals surface area contributed by atoms with Crippen LogP contribution in [0.1, 0.15) is 16.2 Å². The first kappa shape index (κ1) is 15.2. The standard InChI is InChI=1S/C16H13ClN4O2/c17-12-6-4-11(5-7-12)15(22)19-10-8-14-20-21-16(23-14)13-3-1-2-9-18-13/h1-7,9H,8,10H2,(H,19,22). The fourth-order valence-electron chi connectivity index (χ4n) is 1.93. The Labute approximate surface area is 137 Å². The molecule has 2 heterocycles. The third-order valence-electron chi connectivity index (χ3n) is 3.08. The lowest BCUT2D eigenvalue weighted by Gasteiger charge is -2.03. The van der Waals surface area contributed by atoms with E-state index in [0.29, 0.717) is 41.0 Å². The van der Waals surface area contributed by atoms with E-state index in [2.05, 4.69) is 20.5 Å². The molecule has 3 aromatic rings. The molecule has 3 rings (SSSR count). The quantitative estimate of drug-likeness (QED) is 0.779. The van der Waals surface area contributed by atoms with Crippen LogP contribution in [0.4, 0.5) is 0 Å². The zero-order chi connectivity index (χ0) is 16.1. The highest BCUT2D eigenvalue weighted by molar-refractivity contribution is 6.30. The molecule has 7 heteroatoms. The number of hydrogen-bond acceptors (Lipinski definition) is 5. The largest absolute Gasteiger partial charge is 0.419 e. The second-order valence-electron chi connectivity index (χ2n) is 4.73. The van der Waals surface area contributed by atoms with Crippen molar-refractivity contribution < 1.29 is 9.21 Å². The number of carbonyl (C=O) groups excluding carboxylic acids is 1. The number of pyridine rings is 1. The van der Waals surface area contributed by atoms with Crippen LogP contribution in [0.3, 0.4) is 0 Å². The predicted molar refractivity (Wildman–Crippen MR) is 85.0 cm³/mol. The molecular weight excluding hydrogens is 316 g/mol. The molecule has 0 saturated carbocycles. The summed E-state index contributed by atoms with van der Waals surface area (Å²) < 4.78 is 5.52. The van der Waals surface area contributed by atoms with E-state index in [1.54, 1.807) is 36.5 Å². The van der Waals surface area contributed by atoms with Crippen molar-refractivity contribution in [3.05, 3.63) is 65.1 Å². The molecule has 0 spiro atoms. The number of nitrogens with zero attached hydrogens (tertiary/aromatic N) is 3. The van der Waals surface area contributed by atoms with Crippen molar-refractivity contribution in [2.75, 3.05) is 6.54 Å². The van der Waals surface area contributed by atoms with E-state index in [0.717, 1.165) is 0 Å². The summed E-state index contributed by atoms with van der Waals surface area (Å²) in [7, 11) is 0. The SMILES string of the molecule is O=C(NCCc1nnc(-c2ccccn2)o1)c1ccc(Cl)cc1. The van der Waals surface area contributed by atoms with Crippen molar-refractivity contribution >= 4 is 17.5 Å². The summed E-state index contributed by atoms with van der Waals surface area (Å²) in [4.78, 5) is 16.1. The minimum Gasteiger partial charge on any atom is -0.419 e. The van der Waals surface area contributed by atoms with Gasteiger partial charge in [0.25, 0.3) is 11.8 Å². The average Bonchev–Trinajstić information content (AvgIpc) is 3.05. The molecule has 116 valence electrons. The Morgan fingerprint density at radius 3 is 2.70 bits per heavy atom. The molecule has 0 bridgehead atoms. The molecule has 0 aliphatic heterocycles. The predicted octanol–water partition coefficient (Wildman–Crippen LogP) is 2.76. The number of halogens is 1. The number of amides is 1. The summed E-state index contributed by atoms with van der Waals surface area (Å²) in [6, 6.07) is 12.1. The van der Waals surface area contributed by atoms with Crippen molar-refractivity contribution in [1.82, 2.24) is 20.5 Å². The number of aromatic nitrogens is 3. The molecule has 23 heavy (non-hydrogen) atoms. The normalized spacial score (nSPS) is 10.5. The Morgan fingerprint density at radius 2 is 1.96 bits per heavy atom. The van der Waals surface area contributed by atoms with Crippen molar-refractivity contribution in [3.63, 3.8) is 0 Å². The Morgan fingerprint density at radius 1 is 1.13 bits per heavy atom. The molecule has 1 amide bonds. The van der Waals surface area contributed by atoms with E-state index in [9.17, 15) is 4.79 Å². The molecule has 0 fully saturated rings. The first-order chi connectivity index (χ1) is 11.2. The van der Waals surface area contributed by atoms with Gasteiger partial charge in [0, 0.05) is 29.7 Å². The third-order valence-corrected chi connectivity index (χ3v) is 3.33. The molecule has 0 atom stereocenters. The number of carbonyl (C=O) groups is 1. The minimum absolute atomic E-state index is 0.175. The summed E-state index contributed by atoms with van der Waals surface area (Å²) in [6.45, 7) is 0.394. The monoisotopic (exact) mass is 328 g/mol. The Kier molecular flexibility index (Phi) is 4.63. The maximum Gasteiger partial charge on any atom is 0.266 e. The van der Waals surface area contributed by atoms with Crippen LogP contribution in [0.2, 0.25) is 5.02 Å². The lowest BCUT2D eigenvalue weighted by atomic mass is 10.2. The van der Waals surface area contributed by atoms with Gasteiger partial charge in [-0.05, 0) is 36.4 Å². The molecule has 6 nitrogen and oxygen atoms in total. The second kappa shape index (κ2) is 7.02. The third kappa shape index (κ3) is 3.92. The fourth-order valence-corrected chi connectivity index (χ4v) is 2.06. The maximum absolute atomic E-state index is 11.9. The summed E-state index contributed by atoms with van der Waals surface area (Å²) in [6.07, 6.45) is 2.10. The Hall–Kier alpha value is -2.73. The van der Waals surface area contributed by atoms with Crippen molar-refractivity contribution in [2.24, 2.45) is 0 Å². The van der Waals surface area contributed by atoms with Gasteiger partial charge in [0.05, 0.1) is 0 Å². The molecule has 0 saturated heterocycles. The maximum atomic E-state index is 11.9. The minimum atomic E-state index is -0.175. The molecule has 0 unspecified atom stereocenters. The van der Waals surface area contributed by atoms with Gasteiger partial charge in [0.1, 0.15) is 5.69 Å². The molecule has 0 aliphatic carbocycles. The number of rotatable bonds is 5. The van der Waals surface area contributed by atoms with Crippen molar-refractivity contribution in [3.8, 4) is 11.6 Å². The van der Waals surface area contributed by atoms with Gasteiger partial charge in [0.15, 0.2) is 0 Å². The van der Waals surface area contributed by atoms with E-state index < -0.39 is 0 Å². The van der Waals surface area contributed by atoms with Crippen molar-refractivity contribution in [1.29, 1.82) is 0 Å². The highest BCUT2D eigenvalue weighted by Gasteiger charge is 2.10. The lowest BCUT2D eigenvalue weighted by Crippen LogP contribution is -2.25. The van der Waals surface area contributed by atoms with Crippen LogP contribution in [0.25, 0.3) is 11.6 Å². The van der Waals surface area contributed by atoms with Crippen LogP contribution in [-0.4, -0.2) is 27.6 Å². The molecule has 1 N–H and O–H groups in total. The van der Waals surface area contributed by atoms with Crippen LogP contribution in [-0.2, 0) is 6.42 Å². The Balaban J connectivity index is 1.54. The molecule has 1 aromatic carbocycles. The summed E-state index contributed by atoms with van der Waals surface area (Å²) in [5.74, 6) is 0.637. The highest BCUT2D eigenvalue weighted by Crippen LogP contribution is 2.14. The molecular formula is C16H13ClN4O2. The smallest absolute Gasteiger partial charge is 0.266 e.